The number of pyridine rings is 2. The van der Waals surface area contributed by atoms with Crippen LogP contribution >= 0.6 is 23.2 Å². The number of H-pyrrole nitrogens is 1. The van der Waals surface area contributed by atoms with Gasteiger partial charge in [0.25, 0.3) is 5.56 Å². The quantitative estimate of drug-likeness (QED) is 0.266. The van der Waals surface area contributed by atoms with E-state index in [-0.39, 0.29) is 5.56 Å². The first-order valence-electron chi connectivity index (χ1n) is 9.77. The van der Waals surface area contributed by atoms with Crippen LogP contribution in [0.1, 0.15) is 37.5 Å². The lowest BCUT2D eigenvalue weighted by molar-refractivity contribution is 0.199. The second-order valence-electron chi connectivity index (χ2n) is 7.10. The number of benzene rings is 2. The number of halogens is 2. The number of aliphatic hydroxyl groups excluding tert-OH is 1. The Morgan fingerprint density at radius 2 is 1.90 bits per heavy atom. The lowest BCUT2D eigenvalue weighted by Crippen LogP contribution is -2.08. The van der Waals surface area contributed by atoms with E-state index in [0.717, 1.165) is 12.0 Å². The number of nitrogens with one attached hydrogen (secondary N) is 2. The molecule has 156 valence electrons. The highest BCUT2D eigenvalue weighted by Crippen LogP contribution is 2.37. The van der Waals surface area contributed by atoms with Crippen LogP contribution in [-0.4, -0.2) is 15.1 Å². The SMILES string of the molecule is CCC#Cc1ccc2nc(Nc3c(Cl)cc([C@@H](C)O)cc3Cl)c3cc[nH]c(=O)c3c2c1. The van der Waals surface area contributed by atoms with Gasteiger partial charge in [-0.25, -0.2) is 4.98 Å². The van der Waals surface area contributed by atoms with E-state index in [1.54, 1.807) is 31.3 Å². The summed E-state index contributed by atoms with van der Waals surface area (Å²) in [7, 11) is 0. The number of rotatable bonds is 3. The summed E-state index contributed by atoms with van der Waals surface area (Å²) < 4.78 is 0. The predicted octanol–water partition coefficient (Wildman–Crippen LogP) is 5.94. The topological polar surface area (TPSA) is 78.0 Å². The third kappa shape index (κ3) is 4.11. The van der Waals surface area contributed by atoms with E-state index in [1.165, 1.54) is 0 Å². The van der Waals surface area contributed by atoms with Gasteiger partial charge in [0.1, 0.15) is 5.82 Å². The smallest absolute Gasteiger partial charge is 0.256 e. The molecule has 0 bridgehead atoms. The zero-order valence-corrected chi connectivity index (χ0v) is 18.4. The van der Waals surface area contributed by atoms with Gasteiger partial charge in [0.15, 0.2) is 0 Å². The first-order chi connectivity index (χ1) is 14.9. The fourth-order valence-corrected chi connectivity index (χ4v) is 3.99. The Kier molecular flexibility index (Phi) is 5.88. The molecule has 0 aliphatic heterocycles. The lowest BCUT2D eigenvalue weighted by atomic mass is 10.0. The third-order valence-electron chi connectivity index (χ3n) is 4.91. The van der Waals surface area contributed by atoms with Gasteiger partial charge in [-0.15, -0.1) is 0 Å². The minimum absolute atomic E-state index is 0.227. The molecule has 0 saturated carbocycles. The fourth-order valence-electron chi connectivity index (χ4n) is 3.39. The van der Waals surface area contributed by atoms with Crippen molar-refractivity contribution in [2.45, 2.75) is 26.4 Å². The Balaban J connectivity index is 1.93. The molecular weight excluding hydrogens is 433 g/mol. The van der Waals surface area contributed by atoms with Gasteiger partial charge in [-0.3, -0.25) is 4.79 Å². The highest BCUT2D eigenvalue weighted by molar-refractivity contribution is 6.39. The predicted molar refractivity (Wildman–Crippen MR) is 127 cm³/mol. The Bertz CT molecular complexity index is 1410. The van der Waals surface area contributed by atoms with Crippen LogP contribution in [0.4, 0.5) is 11.5 Å². The van der Waals surface area contributed by atoms with Crippen LogP contribution in [-0.2, 0) is 0 Å². The van der Waals surface area contributed by atoms with Crippen LogP contribution in [0.2, 0.25) is 10.0 Å². The van der Waals surface area contributed by atoms with Crippen LogP contribution in [0.25, 0.3) is 21.7 Å². The molecule has 0 spiro atoms. The number of aromatic nitrogens is 2. The monoisotopic (exact) mass is 451 g/mol. The van der Waals surface area contributed by atoms with Crippen LogP contribution in [0.5, 0.6) is 0 Å². The molecule has 0 fully saturated rings. The minimum atomic E-state index is -0.702. The first kappa shape index (κ1) is 21.2. The molecule has 0 amide bonds. The van der Waals surface area contributed by atoms with Crippen LogP contribution in [0, 0.1) is 11.8 Å². The number of fused-ring (bicyclic) bond motifs is 3. The van der Waals surface area contributed by atoms with Gasteiger partial charge >= 0.3 is 0 Å². The van der Waals surface area contributed by atoms with Crippen molar-refractivity contribution in [3.63, 3.8) is 0 Å². The summed E-state index contributed by atoms with van der Waals surface area (Å²) in [6.45, 7) is 3.62. The third-order valence-corrected chi connectivity index (χ3v) is 5.51. The Hall–Kier alpha value is -3.04. The molecule has 0 radical (unpaired) electrons. The maximum atomic E-state index is 12.7. The van der Waals surface area contributed by atoms with Crippen molar-refractivity contribution in [3.05, 3.63) is 74.1 Å². The van der Waals surface area contributed by atoms with Crippen molar-refractivity contribution < 1.29 is 5.11 Å². The second kappa shape index (κ2) is 8.60. The van der Waals surface area contributed by atoms with Crippen molar-refractivity contribution in [2.75, 3.05) is 5.32 Å². The van der Waals surface area contributed by atoms with E-state index >= 15 is 0 Å². The zero-order valence-electron chi connectivity index (χ0n) is 16.9. The summed E-state index contributed by atoms with van der Waals surface area (Å²) in [6, 6.07) is 10.7. The van der Waals surface area contributed by atoms with Crippen LogP contribution < -0.4 is 10.9 Å². The number of hydrogen-bond acceptors (Lipinski definition) is 4. The molecule has 7 heteroatoms. The highest BCUT2D eigenvalue weighted by atomic mass is 35.5. The number of nitrogens with zero attached hydrogens (tertiary/aromatic N) is 1. The molecule has 2 aromatic heterocycles. The van der Waals surface area contributed by atoms with E-state index in [1.807, 2.05) is 25.1 Å². The van der Waals surface area contributed by atoms with Crippen molar-refractivity contribution in [1.82, 2.24) is 9.97 Å². The molecule has 0 unspecified atom stereocenters. The number of aromatic amines is 1. The molecule has 31 heavy (non-hydrogen) atoms. The standard InChI is InChI=1S/C24H19Cl2N3O2/c1-3-4-5-14-6-7-20-17(10-14)21-16(8-9-27-24(21)31)23(28-20)29-22-18(25)11-15(13(2)30)12-19(22)26/h6-13,30H,3H2,1-2H3,(H,27,31)(H,28,29)/t13-/m1/s1. The van der Waals surface area contributed by atoms with Crippen LogP contribution in [0.15, 0.2) is 47.4 Å². The largest absolute Gasteiger partial charge is 0.389 e. The van der Waals surface area contributed by atoms with Gasteiger partial charge in [0.2, 0.25) is 0 Å². The van der Waals surface area contributed by atoms with E-state index in [9.17, 15) is 9.90 Å². The van der Waals surface area contributed by atoms with Crippen molar-refractivity contribution in [3.8, 4) is 11.8 Å². The maximum Gasteiger partial charge on any atom is 0.256 e. The van der Waals surface area contributed by atoms with E-state index in [0.29, 0.717) is 48.8 Å². The molecule has 0 aliphatic rings. The summed E-state index contributed by atoms with van der Waals surface area (Å²) >= 11 is 12.9. The summed E-state index contributed by atoms with van der Waals surface area (Å²) in [5.74, 6) is 6.59. The minimum Gasteiger partial charge on any atom is -0.389 e. The summed E-state index contributed by atoms with van der Waals surface area (Å²) in [5.41, 5.74) is 2.29. The van der Waals surface area contributed by atoms with Crippen molar-refractivity contribution >= 4 is 56.4 Å². The average Bonchev–Trinajstić information content (AvgIpc) is 2.74. The zero-order chi connectivity index (χ0) is 22.1. The number of anilines is 2. The van der Waals surface area contributed by atoms with Gasteiger partial charge < -0.3 is 15.4 Å². The number of aliphatic hydroxyl groups is 1. The second-order valence-corrected chi connectivity index (χ2v) is 7.92. The van der Waals surface area contributed by atoms with Crippen LogP contribution in [0.3, 0.4) is 0 Å². The normalized spacial score (nSPS) is 11.9. The molecular formula is C24H19Cl2N3O2. The maximum absolute atomic E-state index is 12.7. The Morgan fingerprint density at radius 1 is 1.16 bits per heavy atom. The van der Waals surface area contributed by atoms with Gasteiger partial charge in [0, 0.05) is 29.0 Å². The van der Waals surface area contributed by atoms with Gasteiger partial charge in [-0.1, -0.05) is 42.0 Å². The molecule has 0 saturated heterocycles. The van der Waals surface area contributed by atoms with Gasteiger partial charge in [-0.2, -0.15) is 0 Å². The molecule has 5 nitrogen and oxygen atoms in total. The van der Waals surface area contributed by atoms with Gasteiger partial charge in [-0.05, 0) is 48.9 Å². The highest BCUT2D eigenvalue weighted by Gasteiger charge is 2.16. The molecule has 4 rings (SSSR count). The van der Waals surface area contributed by atoms with Crippen molar-refractivity contribution in [2.24, 2.45) is 0 Å². The molecule has 3 N–H and O–H groups in total. The molecule has 2 aromatic carbocycles. The molecule has 2 heterocycles. The summed E-state index contributed by atoms with van der Waals surface area (Å²) in [4.78, 5) is 20.2. The lowest BCUT2D eigenvalue weighted by Gasteiger charge is -2.15. The first-order valence-corrected chi connectivity index (χ1v) is 10.5. The van der Waals surface area contributed by atoms with E-state index in [4.69, 9.17) is 28.2 Å². The van der Waals surface area contributed by atoms with E-state index < -0.39 is 6.10 Å². The molecule has 4 aromatic rings. The summed E-state index contributed by atoms with van der Waals surface area (Å²) in [5, 5.41) is 15.5. The van der Waals surface area contributed by atoms with Gasteiger partial charge in [0.05, 0.1) is 32.7 Å². The molecule has 1 atom stereocenters. The average molecular weight is 452 g/mol. The van der Waals surface area contributed by atoms with E-state index in [2.05, 4.69) is 22.1 Å². The number of hydrogen-bond donors (Lipinski definition) is 3. The summed E-state index contributed by atoms with van der Waals surface area (Å²) in [6.07, 6.45) is 1.62. The Labute approximate surface area is 189 Å². The Morgan fingerprint density at radius 3 is 2.58 bits per heavy atom. The molecule has 0 aliphatic carbocycles. The van der Waals surface area contributed by atoms with Crippen molar-refractivity contribution in [1.29, 1.82) is 0 Å². The fraction of sp³-hybridized carbons (Fsp3) is 0.167.